The molecule has 1 rings (SSSR count). The molecule has 1 nitrogen and oxygen atoms in total. The molecule has 4 heteroatoms. The summed E-state index contributed by atoms with van der Waals surface area (Å²) in [5.74, 6) is 1.21. The summed E-state index contributed by atoms with van der Waals surface area (Å²) < 4.78 is 18.9. The second-order valence-corrected chi connectivity index (χ2v) is 4.51. The van der Waals surface area contributed by atoms with Gasteiger partial charge in [0.1, 0.15) is 11.6 Å². The molecule has 0 N–H and O–H groups in total. The predicted molar refractivity (Wildman–Crippen MR) is 67.3 cm³/mol. The number of halogens is 2. The van der Waals surface area contributed by atoms with Crippen molar-refractivity contribution in [2.24, 2.45) is 0 Å². The van der Waals surface area contributed by atoms with E-state index in [9.17, 15) is 4.39 Å². The Morgan fingerprint density at radius 2 is 2.07 bits per heavy atom. The first-order valence-corrected chi connectivity index (χ1v) is 6.35. The molecule has 0 saturated heterocycles. The summed E-state index contributed by atoms with van der Waals surface area (Å²) in [4.78, 5) is 0. The molecule has 0 amide bonds. The van der Waals surface area contributed by atoms with Crippen molar-refractivity contribution in [2.75, 3.05) is 12.4 Å². The molecule has 0 atom stereocenters. The summed E-state index contributed by atoms with van der Waals surface area (Å²) in [6, 6.07) is 4.80. The Bertz CT molecular complexity index is 307. The summed E-state index contributed by atoms with van der Waals surface area (Å²) in [6.07, 6.45) is 3.18. The lowest BCUT2D eigenvalue weighted by atomic mass is 10.2. The molecule has 1 aromatic rings. The third-order valence-corrected chi connectivity index (χ3v) is 2.92. The van der Waals surface area contributed by atoms with E-state index in [-0.39, 0.29) is 5.82 Å². The maximum absolute atomic E-state index is 13.1. The number of ether oxygens (including phenoxy) is 1. The number of thiol groups is 1. The first-order chi connectivity index (χ1) is 7.24. The van der Waals surface area contributed by atoms with E-state index in [2.05, 4.69) is 28.6 Å². The van der Waals surface area contributed by atoms with Crippen molar-refractivity contribution in [2.45, 2.75) is 19.3 Å². The van der Waals surface area contributed by atoms with Crippen molar-refractivity contribution in [3.63, 3.8) is 0 Å². The monoisotopic (exact) mass is 292 g/mol. The van der Waals surface area contributed by atoms with E-state index in [0.717, 1.165) is 25.0 Å². The Kier molecular flexibility index (Phi) is 6.10. The van der Waals surface area contributed by atoms with E-state index in [1.165, 1.54) is 6.07 Å². The second-order valence-electron chi connectivity index (χ2n) is 3.21. The molecule has 0 aliphatic rings. The zero-order chi connectivity index (χ0) is 11.1. The zero-order valence-electron chi connectivity index (χ0n) is 8.38. The van der Waals surface area contributed by atoms with Gasteiger partial charge in [0, 0.05) is 6.07 Å². The molecule has 84 valence electrons. The lowest BCUT2D eigenvalue weighted by Gasteiger charge is -2.06. The minimum Gasteiger partial charge on any atom is -0.493 e. The van der Waals surface area contributed by atoms with Crippen molar-refractivity contribution in [3.05, 3.63) is 28.5 Å². The zero-order valence-corrected chi connectivity index (χ0v) is 10.9. The summed E-state index contributed by atoms with van der Waals surface area (Å²) in [5.41, 5.74) is 0. The van der Waals surface area contributed by atoms with Crippen molar-refractivity contribution in [1.82, 2.24) is 0 Å². The Morgan fingerprint density at radius 3 is 2.73 bits per heavy atom. The first-order valence-electron chi connectivity index (χ1n) is 4.93. The van der Waals surface area contributed by atoms with Gasteiger partial charge in [-0.05, 0) is 53.1 Å². The normalized spacial score (nSPS) is 10.3. The van der Waals surface area contributed by atoms with Crippen LogP contribution in [0, 0.1) is 5.82 Å². The van der Waals surface area contributed by atoms with Crippen LogP contribution in [0.15, 0.2) is 22.7 Å². The van der Waals surface area contributed by atoms with Crippen LogP contribution in [-0.4, -0.2) is 12.4 Å². The molecular formula is C11H14BrFOS. The van der Waals surface area contributed by atoms with Crippen LogP contribution in [-0.2, 0) is 0 Å². The smallest absolute Gasteiger partial charge is 0.141 e. The molecule has 0 aromatic heterocycles. The maximum Gasteiger partial charge on any atom is 0.141 e. The van der Waals surface area contributed by atoms with E-state index < -0.39 is 0 Å². The molecule has 1 aromatic carbocycles. The Balaban J connectivity index is 2.28. The highest BCUT2D eigenvalue weighted by Gasteiger charge is 2.00. The van der Waals surface area contributed by atoms with Crippen LogP contribution in [0.25, 0.3) is 0 Å². The summed E-state index contributed by atoms with van der Waals surface area (Å²) in [6.45, 7) is 0.634. The van der Waals surface area contributed by atoms with Crippen molar-refractivity contribution < 1.29 is 9.13 Å². The van der Waals surface area contributed by atoms with Gasteiger partial charge in [-0.2, -0.15) is 12.6 Å². The van der Waals surface area contributed by atoms with Gasteiger partial charge < -0.3 is 4.74 Å². The Labute approximate surface area is 104 Å². The van der Waals surface area contributed by atoms with Gasteiger partial charge in [0.2, 0.25) is 0 Å². The summed E-state index contributed by atoms with van der Waals surface area (Å²) in [7, 11) is 0. The first kappa shape index (κ1) is 12.8. The van der Waals surface area contributed by atoms with E-state index in [0.29, 0.717) is 16.8 Å². The average Bonchev–Trinajstić information content (AvgIpc) is 2.23. The van der Waals surface area contributed by atoms with Crippen molar-refractivity contribution in [3.8, 4) is 5.75 Å². The number of hydrogen-bond donors (Lipinski definition) is 1. The number of rotatable bonds is 6. The predicted octanol–water partition coefficient (Wildman–Crippen LogP) is 4.07. The Morgan fingerprint density at radius 1 is 1.27 bits per heavy atom. The molecule has 15 heavy (non-hydrogen) atoms. The third kappa shape index (κ3) is 4.89. The van der Waals surface area contributed by atoms with Crippen molar-refractivity contribution >= 4 is 28.6 Å². The molecule has 0 heterocycles. The van der Waals surface area contributed by atoms with Crippen LogP contribution < -0.4 is 4.74 Å². The van der Waals surface area contributed by atoms with Gasteiger partial charge in [-0.1, -0.05) is 0 Å². The lowest BCUT2D eigenvalue weighted by Crippen LogP contribution is -1.97. The van der Waals surface area contributed by atoms with E-state index >= 15 is 0 Å². The van der Waals surface area contributed by atoms with E-state index in [1.807, 2.05) is 0 Å². The van der Waals surface area contributed by atoms with Gasteiger partial charge in [-0.25, -0.2) is 4.39 Å². The fourth-order valence-corrected chi connectivity index (χ4v) is 1.62. The van der Waals surface area contributed by atoms with Crippen LogP contribution in [0.4, 0.5) is 4.39 Å². The van der Waals surface area contributed by atoms with Crippen LogP contribution in [0.1, 0.15) is 19.3 Å². The van der Waals surface area contributed by atoms with E-state index in [4.69, 9.17) is 4.74 Å². The SMILES string of the molecule is Fc1cc(OCCCCCS)ccc1Br. The minimum atomic E-state index is -0.289. The molecule has 0 unspecified atom stereocenters. The van der Waals surface area contributed by atoms with E-state index in [1.54, 1.807) is 12.1 Å². The average molecular weight is 293 g/mol. The molecule has 0 radical (unpaired) electrons. The maximum atomic E-state index is 13.1. The molecule has 0 saturated carbocycles. The number of hydrogen-bond acceptors (Lipinski definition) is 2. The fraction of sp³-hybridized carbons (Fsp3) is 0.455. The van der Waals surface area contributed by atoms with Crippen LogP contribution in [0.5, 0.6) is 5.75 Å². The van der Waals surface area contributed by atoms with Crippen molar-refractivity contribution in [1.29, 1.82) is 0 Å². The lowest BCUT2D eigenvalue weighted by molar-refractivity contribution is 0.305. The van der Waals surface area contributed by atoms with Crippen LogP contribution >= 0.6 is 28.6 Å². The second kappa shape index (κ2) is 7.12. The number of benzene rings is 1. The van der Waals surface area contributed by atoms with Gasteiger partial charge in [0.25, 0.3) is 0 Å². The van der Waals surface area contributed by atoms with Gasteiger partial charge in [-0.3, -0.25) is 0 Å². The summed E-state index contributed by atoms with van der Waals surface area (Å²) in [5, 5.41) is 0. The van der Waals surface area contributed by atoms with Gasteiger partial charge in [0.05, 0.1) is 11.1 Å². The highest BCUT2D eigenvalue weighted by molar-refractivity contribution is 9.10. The molecule has 0 aliphatic heterocycles. The quantitative estimate of drug-likeness (QED) is 0.614. The number of unbranched alkanes of at least 4 members (excludes halogenated alkanes) is 2. The minimum absolute atomic E-state index is 0.289. The Hall–Kier alpha value is -0.220. The standard InChI is InChI=1S/C11H14BrFOS/c12-10-5-4-9(8-11(10)13)14-6-2-1-3-7-15/h4-5,8,15H,1-3,6-7H2. The van der Waals surface area contributed by atoms with Crippen LogP contribution in [0.2, 0.25) is 0 Å². The largest absolute Gasteiger partial charge is 0.493 e. The molecule has 0 spiro atoms. The van der Waals surface area contributed by atoms with Gasteiger partial charge in [-0.15, -0.1) is 0 Å². The molecule has 0 aliphatic carbocycles. The van der Waals surface area contributed by atoms with Gasteiger partial charge >= 0.3 is 0 Å². The van der Waals surface area contributed by atoms with Gasteiger partial charge in [0.15, 0.2) is 0 Å². The summed E-state index contributed by atoms with van der Waals surface area (Å²) >= 11 is 7.21. The third-order valence-electron chi connectivity index (χ3n) is 1.96. The highest BCUT2D eigenvalue weighted by Crippen LogP contribution is 2.21. The van der Waals surface area contributed by atoms with Crippen LogP contribution in [0.3, 0.4) is 0 Å². The molecule has 0 bridgehead atoms. The molecular weight excluding hydrogens is 279 g/mol. The molecule has 0 fully saturated rings. The highest BCUT2D eigenvalue weighted by atomic mass is 79.9. The fourth-order valence-electron chi connectivity index (χ4n) is 1.15. The topological polar surface area (TPSA) is 9.23 Å².